The van der Waals surface area contributed by atoms with E-state index in [4.69, 9.17) is 0 Å². The molecule has 3 nitrogen and oxygen atoms in total. The highest BCUT2D eigenvalue weighted by molar-refractivity contribution is 7.99. The summed E-state index contributed by atoms with van der Waals surface area (Å²) in [5.41, 5.74) is 3.43. The summed E-state index contributed by atoms with van der Waals surface area (Å²) in [7, 11) is 0. The highest BCUT2D eigenvalue weighted by Crippen LogP contribution is 2.19. The summed E-state index contributed by atoms with van der Waals surface area (Å²) in [5.74, 6) is 2.97. The Balaban J connectivity index is 1.95. The van der Waals surface area contributed by atoms with Gasteiger partial charge in [0.05, 0.1) is 0 Å². The Hall–Kier alpha value is -1.00. The van der Waals surface area contributed by atoms with Crippen LogP contribution in [0.4, 0.5) is 5.69 Å². The van der Waals surface area contributed by atoms with E-state index in [0.717, 1.165) is 17.8 Å². The van der Waals surface area contributed by atoms with E-state index in [2.05, 4.69) is 43.1 Å². The number of hydrogen-bond acceptors (Lipinski definition) is 3. The SMILES string of the molecule is Cc1cc(CN2CCSCC2)ccc1NC(=O)CC(C)C. The molecule has 21 heavy (non-hydrogen) atoms. The number of carbonyl (C=O) groups is 1. The first-order chi connectivity index (χ1) is 10.0. The lowest BCUT2D eigenvalue weighted by Crippen LogP contribution is -2.31. The van der Waals surface area contributed by atoms with Gasteiger partial charge in [0.15, 0.2) is 0 Å². The molecule has 0 saturated carbocycles. The van der Waals surface area contributed by atoms with Crippen molar-refractivity contribution >= 4 is 23.4 Å². The van der Waals surface area contributed by atoms with E-state index in [9.17, 15) is 4.79 Å². The maximum absolute atomic E-state index is 11.9. The van der Waals surface area contributed by atoms with E-state index in [1.54, 1.807) is 0 Å². The zero-order chi connectivity index (χ0) is 15.2. The van der Waals surface area contributed by atoms with Gasteiger partial charge < -0.3 is 5.32 Å². The molecule has 0 bridgehead atoms. The van der Waals surface area contributed by atoms with Gasteiger partial charge in [-0.1, -0.05) is 26.0 Å². The molecule has 1 heterocycles. The topological polar surface area (TPSA) is 32.3 Å². The molecule has 0 aliphatic carbocycles. The van der Waals surface area contributed by atoms with Crippen LogP contribution in [0.2, 0.25) is 0 Å². The van der Waals surface area contributed by atoms with E-state index in [0.29, 0.717) is 12.3 Å². The third-order valence-electron chi connectivity index (χ3n) is 3.67. The Labute approximate surface area is 132 Å². The molecule has 1 aliphatic heterocycles. The van der Waals surface area contributed by atoms with Crippen LogP contribution in [0.25, 0.3) is 0 Å². The molecule has 0 atom stereocenters. The van der Waals surface area contributed by atoms with Crippen molar-refractivity contribution in [2.45, 2.75) is 33.7 Å². The number of rotatable bonds is 5. The summed E-state index contributed by atoms with van der Waals surface area (Å²) >= 11 is 2.04. The summed E-state index contributed by atoms with van der Waals surface area (Å²) in [6.45, 7) is 9.56. The van der Waals surface area contributed by atoms with E-state index >= 15 is 0 Å². The average Bonchev–Trinajstić information content (AvgIpc) is 2.42. The summed E-state index contributed by atoms with van der Waals surface area (Å²) in [6, 6.07) is 6.38. The molecule has 1 aliphatic rings. The van der Waals surface area contributed by atoms with Gasteiger partial charge in [0.25, 0.3) is 0 Å². The number of thioether (sulfide) groups is 1. The lowest BCUT2D eigenvalue weighted by Gasteiger charge is -2.26. The van der Waals surface area contributed by atoms with Gasteiger partial charge >= 0.3 is 0 Å². The van der Waals surface area contributed by atoms with Crippen LogP contribution in [0.1, 0.15) is 31.4 Å². The van der Waals surface area contributed by atoms with Crippen LogP contribution in [0.15, 0.2) is 18.2 Å². The Morgan fingerprint density at radius 1 is 1.33 bits per heavy atom. The highest BCUT2D eigenvalue weighted by Gasteiger charge is 2.12. The first-order valence-electron chi connectivity index (χ1n) is 7.74. The molecule has 4 heteroatoms. The molecule has 1 aromatic carbocycles. The molecular formula is C17H26N2OS. The molecule has 1 saturated heterocycles. The predicted octanol–water partition coefficient (Wildman–Crippen LogP) is 3.53. The Kier molecular flexibility index (Phi) is 6.12. The number of nitrogens with one attached hydrogen (secondary N) is 1. The van der Waals surface area contributed by atoms with Crippen LogP contribution in [-0.2, 0) is 11.3 Å². The van der Waals surface area contributed by atoms with Crippen molar-refractivity contribution in [1.29, 1.82) is 0 Å². The monoisotopic (exact) mass is 306 g/mol. The van der Waals surface area contributed by atoms with Gasteiger partial charge in [0.1, 0.15) is 0 Å². The van der Waals surface area contributed by atoms with Crippen LogP contribution in [0.5, 0.6) is 0 Å². The number of carbonyl (C=O) groups excluding carboxylic acids is 1. The minimum absolute atomic E-state index is 0.105. The zero-order valence-electron chi connectivity index (χ0n) is 13.3. The van der Waals surface area contributed by atoms with Crippen LogP contribution >= 0.6 is 11.8 Å². The smallest absolute Gasteiger partial charge is 0.224 e. The second kappa shape index (κ2) is 7.85. The molecule has 0 spiro atoms. The van der Waals surface area contributed by atoms with E-state index < -0.39 is 0 Å². The van der Waals surface area contributed by atoms with Crippen LogP contribution < -0.4 is 5.32 Å². The molecule has 0 radical (unpaired) electrons. The molecule has 1 aromatic rings. The number of aryl methyl sites for hydroxylation is 1. The second-order valence-electron chi connectivity index (χ2n) is 6.18. The van der Waals surface area contributed by atoms with E-state index in [1.165, 1.54) is 30.2 Å². The fraction of sp³-hybridized carbons (Fsp3) is 0.588. The zero-order valence-corrected chi connectivity index (χ0v) is 14.1. The summed E-state index contributed by atoms with van der Waals surface area (Å²) in [5, 5.41) is 3.02. The molecule has 1 N–H and O–H groups in total. The van der Waals surface area contributed by atoms with Gasteiger partial charge in [0, 0.05) is 43.2 Å². The van der Waals surface area contributed by atoms with E-state index in [1.807, 2.05) is 17.8 Å². The second-order valence-corrected chi connectivity index (χ2v) is 7.41. The van der Waals surface area contributed by atoms with Crippen LogP contribution in [0.3, 0.4) is 0 Å². The van der Waals surface area contributed by atoms with Crippen molar-refractivity contribution in [3.05, 3.63) is 29.3 Å². The quantitative estimate of drug-likeness (QED) is 0.903. The third-order valence-corrected chi connectivity index (χ3v) is 4.61. The number of amides is 1. The minimum Gasteiger partial charge on any atom is -0.326 e. The van der Waals surface area contributed by atoms with Crippen molar-refractivity contribution in [1.82, 2.24) is 4.90 Å². The normalized spacial score (nSPS) is 16.2. The van der Waals surface area contributed by atoms with Gasteiger partial charge in [0.2, 0.25) is 5.91 Å². The number of anilines is 1. The van der Waals surface area contributed by atoms with Crippen molar-refractivity contribution in [2.75, 3.05) is 29.9 Å². The first kappa shape index (κ1) is 16.4. The Morgan fingerprint density at radius 2 is 2.05 bits per heavy atom. The molecule has 1 fully saturated rings. The van der Waals surface area contributed by atoms with E-state index in [-0.39, 0.29) is 5.91 Å². The van der Waals surface area contributed by atoms with Gasteiger partial charge in [-0.05, 0) is 30.0 Å². The fourth-order valence-corrected chi connectivity index (χ4v) is 3.53. The molecule has 0 aromatic heterocycles. The largest absolute Gasteiger partial charge is 0.326 e. The predicted molar refractivity (Wildman–Crippen MR) is 91.9 cm³/mol. The molecule has 2 rings (SSSR count). The van der Waals surface area contributed by atoms with Crippen molar-refractivity contribution in [3.8, 4) is 0 Å². The van der Waals surface area contributed by atoms with Gasteiger partial charge in [-0.3, -0.25) is 9.69 Å². The molecular weight excluding hydrogens is 280 g/mol. The maximum atomic E-state index is 11.9. The lowest BCUT2D eigenvalue weighted by atomic mass is 10.1. The average molecular weight is 306 g/mol. The summed E-state index contributed by atoms with van der Waals surface area (Å²) < 4.78 is 0. The van der Waals surface area contributed by atoms with Crippen LogP contribution in [-0.4, -0.2) is 35.4 Å². The highest BCUT2D eigenvalue weighted by atomic mass is 32.2. The van der Waals surface area contributed by atoms with Gasteiger partial charge in [-0.15, -0.1) is 0 Å². The van der Waals surface area contributed by atoms with Crippen molar-refractivity contribution < 1.29 is 4.79 Å². The third kappa shape index (κ3) is 5.36. The van der Waals surface area contributed by atoms with Crippen molar-refractivity contribution in [2.24, 2.45) is 5.92 Å². The lowest BCUT2D eigenvalue weighted by molar-refractivity contribution is -0.116. The number of nitrogens with zero attached hydrogens (tertiary/aromatic N) is 1. The number of benzene rings is 1. The van der Waals surface area contributed by atoms with Crippen LogP contribution in [0, 0.1) is 12.8 Å². The Morgan fingerprint density at radius 3 is 2.67 bits per heavy atom. The standard InChI is InChI=1S/C17H26N2OS/c1-13(2)10-17(20)18-16-5-4-15(11-14(16)3)12-19-6-8-21-9-7-19/h4-5,11,13H,6-10,12H2,1-3H3,(H,18,20). The summed E-state index contributed by atoms with van der Waals surface area (Å²) in [4.78, 5) is 14.4. The van der Waals surface area contributed by atoms with Gasteiger partial charge in [-0.2, -0.15) is 11.8 Å². The molecule has 1 amide bonds. The minimum atomic E-state index is 0.105. The molecule has 0 unspecified atom stereocenters. The summed E-state index contributed by atoms with van der Waals surface area (Å²) in [6.07, 6.45) is 0.576. The molecule has 116 valence electrons. The van der Waals surface area contributed by atoms with Crippen molar-refractivity contribution in [3.63, 3.8) is 0 Å². The fourth-order valence-electron chi connectivity index (χ4n) is 2.55. The number of hydrogen-bond donors (Lipinski definition) is 1. The Bertz CT molecular complexity index is 482. The van der Waals surface area contributed by atoms with Gasteiger partial charge in [-0.25, -0.2) is 0 Å². The maximum Gasteiger partial charge on any atom is 0.224 e. The first-order valence-corrected chi connectivity index (χ1v) is 8.89.